The van der Waals surface area contributed by atoms with Crippen molar-refractivity contribution in [1.29, 1.82) is 0 Å². The number of hydrogen-bond donors (Lipinski definition) is 4. The number of aliphatic carboxylic acids is 2. The summed E-state index contributed by atoms with van der Waals surface area (Å²) in [5, 5.41) is 35.3. The summed E-state index contributed by atoms with van der Waals surface area (Å²) in [7, 11) is 0. The van der Waals surface area contributed by atoms with E-state index in [1.807, 2.05) is 0 Å². The van der Waals surface area contributed by atoms with Gasteiger partial charge in [-0.25, -0.2) is 9.59 Å². The largest absolute Gasteiger partial charge is 0.481 e. The molecule has 0 aliphatic heterocycles. The van der Waals surface area contributed by atoms with Crippen LogP contribution in [0.2, 0.25) is 0 Å². The van der Waals surface area contributed by atoms with Crippen LogP contribution in [0.25, 0.3) is 0 Å². The first-order valence-corrected chi connectivity index (χ1v) is 6.33. The second-order valence-corrected chi connectivity index (χ2v) is 4.26. The Morgan fingerprint density at radius 3 is 1.17 bits per heavy atom. The summed E-state index contributed by atoms with van der Waals surface area (Å²) in [4.78, 5) is 65.1. The highest BCUT2D eigenvalue weighted by Crippen LogP contribution is 2.04. The maximum atomic E-state index is 11.3. The fourth-order valence-corrected chi connectivity index (χ4v) is 1.12. The minimum absolute atomic E-state index is 0.648. The van der Waals surface area contributed by atoms with E-state index < -0.39 is 73.7 Å². The molecule has 134 valence electrons. The van der Waals surface area contributed by atoms with Gasteiger partial charge in [0.25, 0.3) is 0 Å². The van der Waals surface area contributed by atoms with Crippen molar-refractivity contribution >= 4 is 35.8 Å². The van der Waals surface area contributed by atoms with Gasteiger partial charge in [-0.3, -0.25) is 19.2 Å². The molecule has 0 saturated heterocycles. The third-order valence-corrected chi connectivity index (χ3v) is 2.30. The van der Waals surface area contributed by atoms with Crippen molar-refractivity contribution in [3.8, 4) is 0 Å². The first-order chi connectivity index (χ1) is 11.0. The van der Waals surface area contributed by atoms with E-state index in [9.17, 15) is 39.0 Å². The summed E-state index contributed by atoms with van der Waals surface area (Å²) in [5.41, 5.74) is 0. The molecule has 0 aliphatic carbocycles. The Kier molecular flexibility index (Phi) is 8.82. The Balaban J connectivity index is 4.43. The highest BCUT2D eigenvalue weighted by molar-refractivity contribution is 5.95. The maximum absolute atomic E-state index is 11.3. The molecule has 12 heteroatoms. The molecule has 0 radical (unpaired) electrons. The summed E-state index contributed by atoms with van der Waals surface area (Å²) < 4.78 is 7.99. The topological polar surface area (TPSA) is 202 Å². The van der Waals surface area contributed by atoms with Gasteiger partial charge in [0, 0.05) is 0 Å². The van der Waals surface area contributed by atoms with Crippen LogP contribution >= 0.6 is 0 Å². The van der Waals surface area contributed by atoms with Crippen LogP contribution in [0.3, 0.4) is 0 Å². The van der Waals surface area contributed by atoms with Crippen molar-refractivity contribution in [3.05, 3.63) is 0 Å². The zero-order chi connectivity index (χ0) is 18.9. The van der Waals surface area contributed by atoms with Crippen LogP contribution in [-0.4, -0.2) is 68.4 Å². The Hall–Kier alpha value is -2.86. The Bertz CT molecular complexity index is 488. The quantitative estimate of drug-likeness (QED) is 0.253. The van der Waals surface area contributed by atoms with Gasteiger partial charge in [0.15, 0.2) is 12.2 Å². The molecule has 24 heavy (non-hydrogen) atoms. The monoisotopic (exact) mass is 350 g/mol. The molecule has 0 spiro atoms. The van der Waals surface area contributed by atoms with E-state index in [0.717, 1.165) is 0 Å². The van der Waals surface area contributed by atoms with Crippen molar-refractivity contribution in [2.75, 3.05) is 0 Å². The highest BCUT2D eigenvalue weighted by Gasteiger charge is 2.35. The molecule has 2 atom stereocenters. The van der Waals surface area contributed by atoms with Gasteiger partial charge in [-0.15, -0.1) is 0 Å². The van der Waals surface area contributed by atoms with Crippen LogP contribution in [0.4, 0.5) is 0 Å². The van der Waals surface area contributed by atoms with Gasteiger partial charge in [0.2, 0.25) is 0 Å². The second kappa shape index (κ2) is 10.0. The molecule has 0 aliphatic rings. The Morgan fingerprint density at radius 2 is 0.917 bits per heavy atom. The van der Waals surface area contributed by atoms with Gasteiger partial charge in [0.05, 0.1) is 25.7 Å². The molecule has 0 aromatic carbocycles. The van der Waals surface area contributed by atoms with Gasteiger partial charge in [-0.1, -0.05) is 0 Å². The normalized spacial score (nSPS) is 12.6. The summed E-state index contributed by atoms with van der Waals surface area (Å²) in [6.45, 7) is 0. The van der Waals surface area contributed by atoms with E-state index in [2.05, 4.69) is 9.47 Å². The number of rotatable bonds is 9. The number of carboxylic acid groups (broad SMARTS) is 2. The molecule has 0 amide bonds. The zero-order valence-corrected chi connectivity index (χ0v) is 12.0. The van der Waals surface area contributed by atoms with Gasteiger partial charge in [-0.05, 0) is 0 Å². The molecule has 0 fully saturated rings. The number of aliphatic hydroxyl groups excluding tert-OH is 2. The van der Waals surface area contributed by atoms with Crippen LogP contribution < -0.4 is 0 Å². The van der Waals surface area contributed by atoms with Gasteiger partial charge >= 0.3 is 35.8 Å². The van der Waals surface area contributed by atoms with Crippen LogP contribution in [-0.2, 0) is 38.2 Å². The molecule has 0 bridgehead atoms. The fourth-order valence-electron chi connectivity index (χ4n) is 1.12. The summed E-state index contributed by atoms with van der Waals surface area (Å²) in [6, 6.07) is 0. The van der Waals surface area contributed by atoms with Crippen LogP contribution in [0, 0.1) is 0 Å². The standard InChI is InChI=1S/C12H14O12/c13-5(14)1-3-7(17)23-11(21)9(19)10(20)12(22)24-8(18)4-2-6(15)16/h9-10,19-20H,1-4H2,(H,13,14)(H,15,16). The van der Waals surface area contributed by atoms with Crippen molar-refractivity contribution in [1.82, 2.24) is 0 Å². The van der Waals surface area contributed by atoms with Crippen LogP contribution in [0.15, 0.2) is 0 Å². The molecule has 0 aromatic heterocycles. The minimum atomic E-state index is -2.57. The Labute approximate surface area is 133 Å². The maximum Gasteiger partial charge on any atom is 0.346 e. The van der Waals surface area contributed by atoms with E-state index in [0.29, 0.717) is 0 Å². The molecular formula is C12H14O12. The SMILES string of the molecule is O=C(O)CCC(=O)OC(=O)C(O)C(O)C(=O)OC(=O)CCC(=O)O. The predicted octanol–water partition coefficient (Wildman–Crippen LogP) is -2.42. The first-order valence-electron chi connectivity index (χ1n) is 6.33. The molecule has 0 aromatic rings. The average molecular weight is 350 g/mol. The van der Waals surface area contributed by atoms with E-state index in [-0.39, 0.29) is 0 Å². The molecule has 0 saturated carbocycles. The number of esters is 4. The van der Waals surface area contributed by atoms with Crippen LogP contribution in [0.1, 0.15) is 25.7 Å². The number of hydrogen-bond acceptors (Lipinski definition) is 10. The lowest BCUT2D eigenvalue weighted by Gasteiger charge is -2.14. The number of carbonyl (C=O) groups excluding carboxylic acids is 4. The summed E-state index contributed by atoms with van der Waals surface area (Å²) in [6.07, 6.45) is -7.82. The Morgan fingerprint density at radius 1 is 0.625 bits per heavy atom. The second-order valence-electron chi connectivity index (χ2n) is 4.26. The molecule has 0 rings (SSSR count). The third-order valence-electron chi connectivity index (χ3n) is 2.30. The summed E-state index contributed by atoms with van der Waals surface area (Å²) in [5.74, 6) is -8.84. The summed E-state index contributed by atoms with van der Waals surface area (Å²) >= 11 is 0. The minimum Gasteiger partial charge on any atom is -0.481 e. The lowest BCUT2D eigenvalue weighted by molar-refractivity contribution is -0.181. The van der Waals surface area contributed by atoms with E-state index >= 15 is 0 Å². The third kappa shape index (κ3) is 8.55. The lowest BCUT2D eigenvalue weighted by Crippen LogP contribution is -2.43. The molecule has 12 nitrogen and oxygen atoms in total. The smallest absolute Gasteiger partial charge is 0.346 e. The molecular weight excluding hydrogens is 336 g/mol. The first kappa shape index (κ1) is 21.1. The number of ether oxygens (including phenoxy) is 2. The zero-order valence-electron chi connectivity index (χ0n) is 12.0. The molecule has 0 heterocycles. The number of aliphatic hydroxyl groups is 2. The number of carbonyl (C=O) groups is 6. The van der Waals surface area contributed by atoms with Crippen molar-refractivity contribution < 1.29 is 58.7 Å². The average Bonchev–Trinajstić information content (AvgIpc) is 2.49. The molecule has 4 N–H and O–H groups in total. The van der Waals surface area contributed by atoms with Crippen LogP contribution in [0.5, 0.6) is 0 Å². The highest BCUT2D eigenvalue weighted by atomic mass is 16.6. The van der Waals surface area contributed by atoms with E-state index in [1.165, 1.54) is 0 Å². The van der Waals surface area contributed by atoms with E-state index in [4.69, 9.17) is 10.2 Å². The predicted molar refractivity (Wildman–Crippen MR) is 68.0 cm³/mol. The van der Waals surface area contributed by atoms with E-state index in [1.54, 1.807) is 0 Å². The van der Waals surface area contributed by atoms with Gasteiger partial charge in [0.1, 0.15) is 0 Å². The lowest BCUT2D eigenvalue weighted by atomic mass is 10.2. The van der Waals surface area contributed by atoms with Crippen molar-refractivity contribution in [3.63, 3.8) is 0 Å². The number of carboxylic acids is 2. The van der Waals surface area contributed by atoms with Crippen molar-refractivity contribution in [2.45, 2.75) is 37.9 Å². The molecule has 2 unspecified atom stereocenters. The fraction of sp³-hybridized carbons (Fsp3) is 0.500. The van der Waals surface area contributed by atoms with Crippen molar-refractivity contribution in [2.24, 2.45) is 0 Å². The van der Waals surface area contributed by atoms with Gasteiger partial charge in [-0.2, -0.15) is 0 Å². The van der Waals surface area contributed by atoms with Gasteiger partial charge < -0.3 is 29.9 Å².